The molecule has 0 fully saturated rings. The number of nitrogens with one attached hydrogen (secondary N) is 2. The van der Waals surface area contributed by atoms with E-state index in [1.165, 1.54) is 20.9 Å². The van der Waals surface area contributed by atoms with Gasteiger partial charge in [-0.1, -0.05) is 36.4 Å². The summed E-state index contributed by atoms with van der Waals surface area (Å²) in [5, 5.41) is 2.80. The number of carbonyl (C=O) groups excluding carboxylic acids is 2. The molecule has 6 heteroatoms. The molecule has 3 rings (SSSR count). The third-order valence-corrected chi connectivity index (χ3v) is 5.09. The van der Waals surface area contributed by atoms with Crippen LogP contribution < -0.4 is 15.0 Å². The second-order valence-corrected chi connectivity index (χ2v) is 7.26. The molecule has 0 saturated heterocycles. The number of likely N-dealkylation sites (N-methyl/N-ethyl adjacent to an activating group) is 1. The Kier molecular flexibility index (Phi) is 7.03. The summed E-state index contributed by atoms with van der Waals surface area (Å²) < 4.78 is 5.15. The molecule has 0 spiro atoms. The Morgan fingerprint density at radius 1 is 1.14 bits per heavy atom. The van der Waals surface area contributed by atoms with Gasteiger partial charge in [0.1, 0.15) is 5.75 Å². The van der Waals surface area contributed by atoms with Crippen molar-refractivity contribution in [3.05, 3.63) is 66.2 Å². The molecular formula is C23H28N3O3+. The van der Waals surface area contributed by atoms with Crippen LogP contribution in [0, 0.1) is 0 Å². The topological polar surface area (TPSA) is 63.1 Å². The second kappa shape index (κ2) is 9.89. The molecule has 0 aromatic heterocycles. The maximum atomic E-state index is 12.5. The van der Waals surface area contributed by atoms with Crippen molar-refractivity contribution in [3.63, 3.8) is 0 Å². The van der Waals surface area contributed by atoms with E-state index in [0.717, 1.165) is 19.5 Å². The van der Waals surface area contributed by atoms with Gasteiger partial charge in [-0.2, -0.15) is 0 Å². The van der Waals surface area contributed by atoms with E-state index >= 15 is 0 Å². The predicted octanol–water partition coefficient (Wildman–Crippen LogP) is 1.46. The molecule has 6 nitrogen and oxygen atoms in total. The quantitative estimate of drug-likeness (QED) is 0.748. The van der Waals surface area contributed by atoms with Gasteiger partial charge in [-0.25, -0.2) is 0 Å². The summed E-state index contributed by atoms with van der Waals surface area (Å²) in [6.45, 7) is 2.14. The van der Waals surface area contributed by atoms with Gasteiger partial charge in [0.15, 0.2) is 6.54 Å². The summed E-state index contributed by atoms with van der Waals surface area (Å²) in [5.74, 6) is 0.412. The zero-order valence-corrected chi connectivity index (χ0v) is 17.0. The highest BCUT2D eigenvalue weighted by atomic mass is 16.5. The number of hydrogen-bond donors (Lipinski definition) is 2. The number of ether oxygens (including phenoxy) is 1. The van der Waals surface area contributed by atoms with Gasteiger partial charge in [0.25, 0.3) is 5.91 Å². The van der Waals surface area contributed by atoms with Crippen molar-refractivity contribution in [2.45, 2.75) is 6.42 Å². The Morgan fingerprint density at radius 3 is 2.62 bits per heavy atom. The van der Waals surface area contributed by atoms with Crippen LogP contribution in [0.15, 0.2) is 60.7 Å². The number of carbonyl (C=O) groups is 2. The zero-order valence-electron chi connectivity index (χ0n) is 17.0. The number of methoxy groups -OCH3 is 1. The highest BCUT2D eigenvalue weighted by Gasteiger charge is 2.22. The SMILES string of the molecule is COc1cccc(NC(=O)CN(C)C(=O)C[NH+]2CC=C(c3ccccc3)CC2)c1. The molecule has 1 atom stereocenters. The average molecular weight is 394 g/mol. The van der Waals surface area contributed by atoms with Gasteiger partial charge in [-0.15, -0.1) is 0 Å². The van der Waals surface area contributed by atoms with E-state index < -0.39 is 0 Å². The van der Waals surface area contributed by atoms with E-state index in [1.54, 1.807) is 32.4 Å². The van der Waals surface area contributed by atoms with Crippen molar-refractivity contribution < 1.29 is 19.2 Å². The molecule has 2 aromatic rings. The van der Waals surface area contributed by atoms with Gasteiger partial charge in [0.2, 0.25) is 5.91 Å². The van der Waals surface area contributed by atoms with Crippen LogP contribution in [-0.4, -0.2) is 57.1 Å². The molecule has 152 valence electrons. The number of hydrogen-bond acceptors (Lipinski definition) is 3. The van der Waals surface area contributed by atoms with Crippen LogP contribution in [0.5, 0.6) is 5.75 Å². The predicted molar refractivity (Wildman–Crippen MR) is 114 cm³/mol. The van der Waals surface area contributed by atoms with Crippen molar-refractivity contribution in [3.8, 4) is 5.75 Å². The molecule has 0 bridgehead atoms. The first-order valence-corrected chi connectivity index (χ1v) is 9.81. The van der Waals surface area contributed by atoms with Crippen LogP contribution in [0.4, 0.5) is 5.69 Å². The standard InChI is InChI=1S/C23H27N3O3/c1-25(16-22(27)24-20-9-6-10-21(15-20)29-2)23(28)17-26-13-11-19(12-14-26)18-7-4-3-5-8-18/h3-11,15H,12-14,16-17H2,1-2H3,(H,24,27)/p+1. The summed E-state index contributed by atoms with van der Waals surface area (Å²) in [6.07, 6.45) is 3.17. The molecule has 2 N–H and O–H groups in total. The molecule has 0 aliphatic carbocycles. The number of nitrogens with zero attached hydrogens (tertiary/aromatic N) is 1. The van der Waals surface area contributed by atoms with Crippen molar-refractivity contribution in [1.29, 1.82) is 0 Å². The third-order valence-electron chi connectivity index (χ3n) is 5.09. The molecule has 2 amide bonds. The lowest BCUT2D eigenvalue weighted by Gasteiger charge is -2.25. The molecule has 2 aromatic carbocycles. The van der Waals surface area contributed by atoms with Gasteiger partial charge < -0.3 is 19.9 Å². The summed E-state index contributed by atoms with van der Waals surface area (Å²) in [6, 6.07) is 17.5. The van der Waals surface area contributed by atoms with Gasteiger partial charge in [0.05, 0.1) is 26.7 Å². The van der Waals surface area contributed by atoms with Gasteiger partial charge in [-0.05, 0) is 29.3 Å². The number of rotatable bonds is 7. The Balaban J connectivity index is 1.47. The molecule has 1 aliphatic rings. The molecular weight excluding hydrogens is 366 g/mol. The van der Waals surface area contributed by atoms with Crippen LogP contribution in [0.2, 0.25) is 0 Å². The van der Waals surface area contributed by atoms with E-state index in [9.17, 15) is 9.59 Å². The fourth-order valence-electron chi connectivity index (χ4n) is 3.41. The number of quaternary nitrogens is 1. The number of anilines is 1. The lowest BCUT2D eigenvalue weighted by Crippen LogP contribution is -3.13. The van der Waals surface area contributed by atoms with Gasteiger partial charge in [-0.3, -0.25) is 9.59 Å². The minimum absolute atomic E-state index is 0.0222. The van der Waals surface area contributed by atoms with Crippen molar-refractivity contribution >= 4 is 23.1 Å². The van der Waals surface area contributed by atoms with Crippen molar-refractivity contribution in [2.24, 2.45) is 0 Å². The average Bonchev–Trinajstić information content (AvgIpc) is 2.75. The fourth-order valence-corrected chi connectivity index (χ4v) is 3.41. The van der Waals surface area contributed by atoms with E-state index in [0.29, 0.717) is 18.0 Å². The van der Waals surface area contributed by atoms with Crippen LogP contribution >= 0.6 is 0 Å². The Bertz CT molecular complexity index is 880. The third kappa shape index (κ3) is 5.93. The molecule has 0 radical (unpaired) electrons. The van der Waals surface area contributed by atoms with Gasteiger partial charge >= 0.3 is 0 Å². The van der Waals surface area contributed by atoms with Crippen molar-refractivity contribution in [2.75, 3.05) is 45.7 Å². The molecule has 29 heavy (non-hydrogen) atoms. The van der Waals surface area contributed by atoms with E-state index in [2.05, 4.69) is 23.5 Å². The van der Waals surface area contributed by atoms with E-state index in [1.807, 2.05) is 24.3 Å². The van der Waals surface area contributed by atoms with Crippen LogP contribution in [-0.2, 0) is 9.59 Å². The summed E-state index contributed by atoms with van der Waals surface area (Å²) >= 11 is 0. The first-order chi connectivity index (χ1) is 14.0. The maximum absolute atomic E-state index is 12.5. The summed E-state index contributed by atoms with van der Waals surface area (Å²) in [7, 11) is 3.25. The van der Waals surface area contributed by atoms with E-state index in [4.69, 9.17) is 4.74 Å². The highest BCUT2D eigenvalue weighted by Crippen LogP contribution is 2.18. The van der Waals surface area contributed by atoms with Crippen LogP contribution in [0.25, 0.3) is 5.57 Å². The zero-order chi connectivity index (χ0) is 20.6. The molecule has 1 aliphatic heterocycles. The second-order valence-electron chi connectivity index (χ2n) is 7.26. The van der Waals surface area contributed by atoms with Crippen LogP contribution in [0.3, 0.4) is 0 Å². The molecule has 1 unspecified atom stereocenters. The Hall–Kier alpha value is -3.12. The summed E-state index contributed by atoms with van der Waals surface area (Å²) in [4.78, 5) is 27.5. The first kappa shape index (κ1) is 20.6. The Morgan fingerprint density at radius 2 is 1.93 bits per heavy atom. The minimum atomic E-state index is -0.228. The molecule has 1 heterocycles. The lowest BCUT2D eigenvalue weighted by molar-refractivity contribution is -0.887. The molecule has 0 saturated carbocycles. The van der Waals surface area contributed by atoms with Crippen LogP contribution in [0.1, 0.15) is 12.0 Å². The minimum Gasteiger partial charge on any atom is -0.497 e. The maximum Gasteiger partial charge on any atom is 0.277 e. The summed E-state index contributed by atoms with van der Waals surface area (Å²) in [5.41, 5.74) is 3.24. The van der Waals surface area contributed by atoms with Crippen molar-refractivity contribution in [1.82, 2.24) is 4.90 Å². The first-order valence-electron chi connectivity index (χ1n) is 9.81. The smallest absolute Gasteiger partial charge is 0.277 e. The number of amides is 2. The number of benzene rings is 2. The lowest BCUT2D eigenvalue weighted by atomic mass is 10.00. The Labute approximate surface area is 171 Å². The normalized spacial score (nSPS) is 15.9. The largest absolute Gasteiger partial charge is 0.497 e. The fraction of sp³-hybridized carbons (Fsp3) is 0.304. The highest BCUT2D eigenvalue weighted by molar-refractivity contribution is 5.94. The monoisotopic (exact) mass is 394 g/mol. The van der Waals surface area contributed by atoms with Gasteiger partial charge in [0, 0.05) is 25.2 Å². The van der Waals surface area contributed by atoms with E-state index in [-0.39, 0.29) is 18.4 Å².